The highest BCUT2D eigenvalue weighted by molar-refractivity contribution is 5.99. The van der Waals surface area contributed by atoms with Gasteiger partial charge in [-0.25, -0.2) is 0 Å². The Bertz CT molecular complexity index is 1070. The van der Waals surface area contributed by atoms with Gasteiger partial charge in [0.25, 0.3) is 0 Å². The quantitative estimate of drug-likeness (QED) is 0.630. The first-order valence-electron chi connectivity index (χ1n) is 9.61. The number of para-hydroxylation sites is 1. The normalized spacial score (nSPS) is 22.0. The van der Waals surface area contributed by atoms with Crippen molar-refractivity contribution in [1.29, 1.82) is 0 Å². The lowest BCUT2D eigenvalue weighted by atomic mass is 9.70. The lowest BCUT2D eigenvalue weighted by Gasteiger charge is -2.47. The number of benzene rings is 2. The zero-order valence-electron chi connectivity index (χ0n) is 15.9. The van der Waals surface area contributed by atoms with Gasteiger partial charge in [-0.3, -0.25) is 9.98 Å². The smallest absolute Gasteiger partial charge is 0.229 e. The number of ether oxygens (including phenoxy) is 1. The van der Waals surface area contributed by atoms with Gasteiger partial charge in [-0.05, 0) is 42.0 Å². The van der Waals surface area contributed by atoms with Gasteiger partial charge >= 0.3 is 0 Å². The van der Waals surface area contributed by atoms with Crippen molar-refractivity contribution in [2.45, 2.75) is 37.8 Å². The Morgan fingerprint density at radius 2 is 1.85 bits per heavy atom. The molecule has 2 aliphatic heterocycles. The van der Waals surface area contributed by atoms with Crippen LogP contribution in [0.4, 0.5) is 11.4 Å². The number of aromatic nitrogens is 1. The number of fused-ring (bicyclic) bond motifs is 4. The Balaban J connectivity index is 1.75. The minimum atomic E-state index is -0.622. The van der Waals surface area contributed by atoms with E-state index < -0.39 is 5.72 Å². The van der Waals surface area contributed by atoms with Crippen LogP contribution >= 0.6 is 0 Å². The molecule has 4 nitrogen and oxygen atoms in total. The summed E-state index contributed by atoms with van der Waals surface area (Å²) in [6.07, 6.45) is 7.65. The highest BCUT2D eigenvalue weighted by Gasteiger charge is 2.61. The van der Waals surface area contributed by atoms with E-state index in [1.165, 1.54) is 11.3 Å². The second-order valence-electron chi connectivity index (χ2n) is 7.43. The van der Waals surface area contributed by atoms with E-state index in [-0.39, 0.29) is 5.41 Å². The van der Waals surface area contributed by atoms with Crippen molar-refractivity contribution in [2.24, 2.45) is 4.99 Å². The predicted octanol–water partition coefficient (Wildman–Crippen LogP) is 5.23. The molecule has 1 aromatic heterocycles. The average molecular weight is 357 g/mol. The SMILES string of the molecule is CCC1(CC)c2ccccc2N(C)C12C=Nc1c(ccc3ccncc13)O2. The summed E-state index contributed by atoms with van der Waals surface area (Å²) in [5.74, 6) is 0.823. The highest BCUT2D eigenvalue weighted by Crippen LogP contribution is 2.57. The summed E-state index contributed by atoms with van der Waals surface area (Å²) in [7, 11) is 2.12. The minimum Gasteiger partial charge on any atom is -0.459 e. The van der Waals surface area contributed by atoms with Crippen molar-refractivity contribution in [3.8, 4) is 5.75 Å². The Labute approximate surface area is 159 Å². The second-order valence-corrected chi connectivity index (χ2v) is 7.43. The molecule has 0 bridgehead atoms. The number of hydrogen-bond donors (Lipinski definition) is 0. The molecular formula is C23H23N3O. The van der Waals surface area contributed by atoms with Crippen LogP contribution in [0.1, 0.15) is 32.3 Å². The number of pyridine rings is 1. The molecular weight excluding hydrogens is 334 g/mol. The van der Waals surface area contributed by atoms with Crippen LogP contribution in [0.25, 0.3) is 10.8 Å². The molecule has 4 heteroatoms. The molecule has 0 radical (unpaired) electrons. The van der Waals surface area contributed by atoms with Crippen molar-refractivity contribution >= 4 is 28.4 Å². The van der Waals surface area contributed by atoms with Crippen molar-refractivity contribution in [1.82, 2.24) is 4.98 Å². The van der Waals surface area contributed by atoms with E-state index in [1.807, 2.05) is 30.7 Å². The van der Waals surface area contributed by atoms with Crippen molar-refractivity contribution in [3.05, 3.63) is 60.4 Å². The number of hydrogen-bond acceptors (Lipinski definition) is 4. The van der Waals surface area contributed by atoms with E-state index in [9.17, 15) is 0 Å². The first-order valence-corrected chi connectivity index (χ1v) is 9.61. The molecule has 3 heterocycles. The molecule has 27 heavy (non-hydrogen) atoms. The van der Waals surface area contributed by atoms with Gasteiger partial charge in [0.15, 0.2) is 0 Å². The first-order chi connectivity index (χ1) is 13.2. The van der Waals surface area contributed by atoms with Crippen LogP contribution in [0.5, 0.6) is 5.75 Å². The fraction of sp³-hybridized carbons (Fsp3) is 0.304. The minimum absolute atomic E-state index is 0.149. The first kappa shape index (κ1) is 16.3. The third kappa shape index (κ3) is 1.88. The van der Waals surface area contributed by atoms with Crippen LogP contribution in [0.15, 0.2) is 59.9 Å². The molecule has 2 aliphatic rings. The van der Waals surface area contributed by atoms with E-state index in [2.05, 4.69) is 61.1 Å². The van der Waals surface area contributed by atoms with Crippen LogP contribution in [-0.2, 0) is 5.41 Å². The Morgan fingerprint density at radius 1 is 1.04 bits per heavy atom. The standard InChI is InChI=1S/C23H23N3O/c1-4-22(5-2)18-8-6-7-9-19(18)26(3)23(22)15-25-21-17-14-24-13-12-16(17)10-11-20(21)27-23/h6-15H,4-5H2,1-3H3. The summed E-state index contributed by atoms with van der Waals surface area (Å²) < 4.78 is 6.83. The fourth-order valence-electron chi connectivity index (χ4n) is 5.06. The highest BCUT2D eigenvalue weighted by atomic mass is 16.5. The molecule has 5 rings (SSSR count). The van der Waals surface area contributed by atoms with Gasteiger partial charge < -0.3 is 9.64 Å². The summed E-state index contributed by atoms with van der Waals surface area (Å²) in [5.41, 5.74) is 2.66. The van der Waals surface area contributed by atoms with Gasteiger partial charge in [0.2, 0.25) is 5.72 Å². The molecule has 0 saturated heterocycles. The maximum Gasteiger partial charge on any atom is 0.229 e. The maximum absolute atomic E-state index is 6.83. The zero-order valence-corrected chi connectivity index (χ0v) is 15.9. The molecule has 1 unspecified atom stereocenters. The van der Waals surface area contributed by atoms with E-state index in [0.717, 1.165) is 35.1 Å². The molecule has 0 fully saturated rings. The number of nitrogens with zero attached hydrogens (tertiary/aromatic N) is 3. The van der Waals surface area contributed by atoms with Crippen LogP contribution in [0, 0.1) is 0 Å². The largest absolute Gasteiger partial charge is 0.459 e. The van der Waals surface area contributed by atoms with Gasteiger partial charge in [-0.2, -0.15) is 0 Å². The summed E-state index contributed by atoms with van der Waals surface area (Å²) in [5, 5.41) is 2.15. The summed E-state index contributed by atoms with van der Waals surface area (Å²) in [6, 6.07) is 14.8. The molecule has 0 amide bonds. The predicted molar refractivity (Wildman–Crippen MR) is 110 cm³/mol. The molecule has 0 aliphatic carbocycles. The number of likely N-dealkylation sites (N-methyl/N-ethyl adjacent to an activating group) is 1. The second kappa shape index (κ2) is 5.56. The molecule has 136 valence electrons. The Morgan fingerprint density at radius 3 is 2.67 bits per heavy atom. The zero-order chi connectivity index (χ0) is 18.6. The molecule has 2 aromatic carbocycles. The molecule has 0 N–H and O–H groups in total. The third-order valence-corrected chi connectivity index (χ3v) is 6.56. The number of aliphatic imine (C=N–C) groups is 1. The molecule has 1 spiro atoms. The van der Waals surface area contributed by atoms with Crippen LogP contribution in [0.2, 0.25) is 0 Å². The lowest BCUT2D eigenvalue weighted by Crippen LogP contribution is -2.62. The van der Waals surface area contributed by atoms with E-state index in [4.69, 9.17) is 9.73 Å². The average Bonchev–Trinajstić information content (AvgIpc) is 2.93. The Kier molecular flexibility index (Phi) is 3.36. The van der Waals surface area contributed by atoms with Crippen molar-refractivity contribution in [2.75, 3.05) is 11.9 Å². The van der Waals surface area contributed by atoms with E-state index >= 15 is 0 Å². The molecule has 1 atom stereocenters. The van der Waals surface area contributed by atoms with Crippen LogP contribution in [0.3, 0.4) is 0 Å². The maximum atomic E-state index is 6.83. The summed E-state index contributed by atoms with van der Waals surface area (Å²) >= 11 is 0. The van der Waals surface area contributed by atoms with E-state index in [1.54, 1.807) is 0 Å². The molecule has 3 aromatic rings. The van der Waals surface area contributed by atoms with Crippen molar-refractivity contribution < 1.29 is 4.74 Å². The third-order valence-electron chi connectivity index (χ3n) is 6.56. The number of anilines is 1. The van der Waals surface area contributed by atoms with Gasteiger partial charge in [-0.15, -0.1) is 0 Å². The summed E-state index contributed by atoms with van der Waals surface area (Å²) in [4.78, 5) is 11.5. The van der Waals surface area contributed by atoms with E-state index in [0.29, 0.717) is 0 Å². The van der Waals surface area contributed by atoms with Gasteiger partial charge in [0, 0.05) is 30.5 Å². The Hall–Kier alpha value is -2.88. The van der Waals surface area contributed by atoms with Gasteiger partial charge in [0.1, 0.15) is 11.4 Å². The monoisotopic (exact) mass is 357 g/mol. The van der Waals surface area contributed by atoms with Crippen LogP contribution in [-0.4, -0.2) is 24.0 Å². The van der Waals surface area contributed by atoms with Gasteiger partial charge in [0.05, 0.1) is 11.6 Å². The lowest BCUT2D eigenvalue weighted by molar-refractivity contribution is 0.0578. The molecule has 0 saturated carbocycles. The van der Waals surface area contributed by atoms with Crippen LogP contribution < -0.4 is 9.64 Å². The number of rotatable bonds is 2. The topological polar surface area (TPSA) is 37.7 Å². The summed E-state index contributed by atoms with van der Waals surface area (Å²) in [6.45, 7) is 4.50. The fourth-order valence-corrected chi connectivity index (χ4v) is 5.06. The van der Waals surface area contributed by atoms with Crippen molar-refractivity contribution in [3.63, 3.8) is 0 Å². The van der Waals surface area contributed by atoms with Gasteiger partial charge in [-0.1, -0.05) is 38.1 Å².